The molecule has 0 saturated carbocycles. The second-order valence-electron chi connectivity index (χ2n) is 13.9. The normalized spacial score (nSPS) is 18.4. The number of rotatable bonds is 9. The van der Waals surface area contributed by atoms with Crippen molar-refractivity contribution in [1.82, 2.24) is 19.8 Å². The molecule has 0 fully saturated rings. The number of hydrogen-bond acceptors (Lipinski definition) is 9. The number of amides is 2. The number of ketones is 1. The third kappa shape index (κ3) is 5.82. The van der Waals surface area contributed by atoms with Crippen molar-refractivity contribution in [3.05, 3.63) is 97.6 Å². The molecule has 3 aliphatic rings. The summed E-state index contributed by atoms with van der Waals surface area (Å²) in [5.74, 6) is -2.31. The second-order valence-corrected chi connectivity index (χ2v) is 13.9. The SMILES string of the molecule is CC[C@@]1(O)C(=O)OCc2c1cc1n(c2=O)Cc2c-1nc1cc(F)c(C)c3c1c2[C@@H](NC(=O)CC(=O)CN(C(=O)OCc1ccccc1)C(C)C)CC3. The fourth-order valence-corrected chi connectivity index (χ4v) is 7.63. The van der Waals surface area contributed by atoms with E-state index in [0.717, 1.165) is 11.1 Å². The van der Waals surface area contributed by atoms with E-state index in [1.807, 2.05) is 30.3 Å². The summed E-state index contributed by atoms with van der Waals surface area (Å²) in [7, 11) is 0. The van der Waals surface area contributed by atoms with Gasteiger partial charge in [-0.05, 0) is 68.4 Å². The molecule has 7 rings (SSSR count). The van der Waals surface area contributed by atoms with Crippen LogP contribution in [-0.4, -0.2) is 55.9 Å². The van der Waals surface area contributed by atoms with E-state index in [0.29, 0.717) is 51.8 Å². The Hall–Kier alpha value is -5.43. The summed E-state index contributed by atoms with van der Waals surface area (Å²) in [6.45, 7) is 6.34. The van der Waals surface area contributed by atoms with Crippen molar-refractivity contribution in [3.8, 4) is 11.4 Å². The van der Waals surface area contributed by atoms with E-state index in [1.54, 1.807) is 33.8 Å². The van der Waals surface area contributed by atoms with Crippen molar-refractivity contribution in [2.45, 2.75) is 90.8 Å². The zero-order valence-electron chi connectivity index (χ0n) is 29.4. The maximum Gasteiger partial charge on any atom is 0.410 e. The lowest BCUT2D eigenvalue weighted by Gasteiger charge is -2.31. The van der Waals surface area contributed by atoms with E-state index in [4.69, 9.17) is 14.5 Å². The molecule has 0 radical (unpaired) electrons. The number of nitrogens with zero attached hydrogens (tertiary/aromatic N) is 3. The molecule has 13 heteroatoms. The first-order chi connectivity index (χ1) is 24.8. The van der Waals surface area contributed by atoms with Crippen LogP contribution >= 0.6 is 0 Å². The van der Waals surface area contributed by atoms with Crippen LogP contribution in [0.1, 0.15) is 85.0 Å². The zero-order chi connectivity index (χ0) is 37.1. The number of carbonyl (C=O) groups is 4. The molecule has 1 aliphatic carbocycles. The van der Waals surface area contributed by atoms with Gasteiger partial charge in [0.25, 0.3) is 5.56 Å². The van der Waals surface area contributed by atoms with Gasteiger partial charge >= 0.3 is 12.1 Å². The Balaban J connectivity index is 1.18. The Labute approximate surface area is 298 Å². The molecule has 2 N–H and O–H groups in total. The summed E-state index contributed by atoms with van der Waals surface area (Å²) in [6, 6.07) is 11.1. The van der Waals surface area contributed by atoms with Gasteiger partial charge in [-0.15, -0.1) is 0 Å². The van der Waals surface area contributed by atoms with Crippen LogP contribution in [0.15, 0.2) is 47.3 Å². The number of Topliss-reactive ketones (excluding diaryl/α,β-unsaturated/α-hetero) is 1. The summed E-state index contributed by atoms with van der Waals surface area (Å²) in [5, 5.41) is 15.0. The van der Waals surface area contributed by atoms with Crippen LogP contribution < -0.4 is 10.9 Å². The van der Waals surface area contributed by atoms with Crippen LogP contribution in [0.5, 0.6) is 0 Å². The summed E-state index contributed by atoms with van der Waals surface area (Å²) in [6.07, 6.45) is -0.348. The van der Waals surface area contributed by atoms with E-state index >= 15 is 4.39 Å². The number of aryl methyl sites for hydroxylation is 1. The third-order valence-corrected chi connectivity index (χ3v) is 10.5. The number of aromatic nitrogens is 2. The predicted molar refractivity (Wildman–Crippen MR) is 187 cm³/mol. The van der Waals surface area contributed by atoms with Gasteiger partial charge in [0.05, 0.1) is 48.0 Å². The van der Waals surface area contributed by atoms with Crippen LogP contribution in [0.2, 0.25) is 0 Å². The number of hydrogen-bond donors (Lipinski definition) is 2. The molecule has 2 aliphatic heterocycles. The molecule has 0 saturated heterocycles. The number of aliphatic hydroxyl groups is 1. The Morgan fingerprint density at radius 2 is 1.90 bits per heavy atom. The fraction of sp³-hybridized carbons (Fsp3) is 0.385. The van der Waals surface area contributed by atoms with E-state index in [9.17, 15) is 29.1 Å². The van der Waals surface area contributed by atoms with Crippen molar-refractivity contribution in [2.75, 3.05) is 6.54 Å². The maximum absolute atomic E-state index is 15.3. The van der Waals surface area contributed by atoms with Crippen LogP contribution in [0.25, 0.3) is 22.3 Å². The molecule has 2 atom stereocenters. The molecule has 52 heavy (non-hydrogen) atoms. The minimum atomic E-state index is -2.01. The number of esters is 1. The average molecular weight is 711 g/mol. The molecule has 4 heterocycles. The lowest BCUT2D eigenvalue weighted by Crippen LogP contribution is -2.44. The highest BCUT2D eigenvalue weighted by atomic mass is 19.1. The lowest BCUT2D eigenvalue weighted by atomic mass is 9.81. The molecule has 0 spiro atoms. The van der Waals surface area contributed by atoms with Gasteiger partial charge in [0.1, 0.15) is 19.0 Å². The summed E-state index contributed by atoms with van der Waals surface area (Å²) in [4.78, 5) is 72.3. The Morgan fingerprint density at radius 1 is 1.15 bits per heavy atom. The second kappa shape index (κ2) is 13.3. The van der Waals surface area contributed by atoms with Crippen LogP contribution in [-0.2, 0) is 55.6 Å². The van der Waals surface area contributed by atoms with Gasteiger partial charge in [0, 0.05) is 28.6 Å². The van der Waals surface area contributed by atoms with E-state index in [1.165, 1.54) is 15.5 Å². The van der Waals surface area contributed by atoms with Crippen LogP contribution in [0.4, 0.5) is 9.18 Å². The quantitative estimate of drug-likeness (QED) is 0.164. The standard InChI is InChI=1S/C39H39FN4O8/c1-5-39(50)27-14-31-35-25(17-44(31)36(47)26(27)19-51-37(39)48)34-29(12-11-24-21(4)28(40)15-30(42-35)33(24)34)41-32(46)13-23(45)16-43(20(2)3)38(49)52-18-22-9-7-6-8-10-22/h6-10,14-15,20,29,50H,5,11-13,16-19H2,1-4H3,(H,41,46)/t29-,39-/m0/s1. The minimum absolute atomic E-state index is 0.0184. The first-order valence-electron chi connectivity index (χ1n) is 17.4. The van der Waals surface area contributed by atoms with Crippen molar-refractivity contribution < 1.29 is 38.1 Å². The molecule has 270 valence electrons. The van der Waals surface area contributed by atoms with Crippen molar-refractivity contribution in [3.63, 3.8) is 0 Å². The largest absolute Gasteiger partial charge is 0.458 e. The number of benzene rings is 2. The van der Waals surface area contributed by atoms with Crippen molar-refractivity contribution in [1.29, 1.82) is 0 Å². The van der Waals surface area contributed by atoms with Gasteiger partial charge in [-0.1, -0.05) is 37.3 Å². The van der Waals surface area contributed by atoms with E-state index < -0.39 is 53.2 Å². The minimum Gasteiger partial charge on any atom is -0.458 e. The number of fused-ring (bicyclic) bond motifs is 5. The smallest absolute Gasteiger partial charge is 0.410 e. The topological polar surface area (TPSA) is 157 Å². The van der Waals surface area contributed by atoms with Crippen LogP contribution in [0, 0.1) is 12.7 Å². The number of pyridine rings is 2. The molecule has 2 aromatic carbocycles. The molecule has 0 bridgehead atoms. The molecule has 2 amide bonds. The molecule has 2 aromatic heterocycles. The van der Waals surface area contributed by atoms with Gasteiger partial charge in [-0.2, -0.15) is 0 Å². The van der Waals surface area contributed by atoms with Crippen LogP contribution in [0.3, 0.4) is 0 Å². The third-order valence-electron chi connectivity index (χ3n) is 10.5. The number of halogens is 1. The first-order valence-corrected chi connectivity index (χ1v) is 17.4. The van der Waals surface area contributed by atoms with Gasteiger partial charge in [0.2, 0.25) is 5.91 Å². The van der Waals surface area contributed by atoms with Gasteiger partial charge in [-0.25, -0.2) is 19.0 Å². The Bertz CT molecular complexity index is 2230. The van der Waals surface area contributed by atoms with Crippen molar-refractivity contribution >= 4 is 34.7 Å². The first kappa shape index (κ1) is 35.0. The molecule has 12 nitrogen and oxygen atoms in total. The van der Waals surface area contributed by atoms with E-state index in [-0.39, 0.29) is 49.9 Å². The Kier molecular flexibility index (Phi) is 8.94. The molecular formula is C39H39FN4O8. The monoisotopic (exact) mass is 710 g/mol. The maximum atomic E-state index is 15.3. The lowest BCUT2D eigenvalue weighted by molar-refractivity contribution is -0.172. The van der Waals surface area contributed by atoms with Crippen molar-refractivity contribution in [2.24, 2.45) is 0 Å². The summed E-state index contributed by atoms with van der Waals surface area (Å²) >= 11 is 0. The summed E-state index contributed by atoms with van der Waals surface area (Å²) < 4.78 is 27.4. The summed E-state index contributed by atoms with van der Waals surface area (Å²) in [5.41, 5.74) is 2.30. The number of cyclic esters (lactones) is 1. The molecule has 4 aromatic rings. The van der Waals surface area contributed by atoms with Gasteiger partial charge < -0.3 is 24.5 Å². The number of carbonyl (C=O) groups excluding carboxylic acids is 4. The van der Waals surface area contributed by atoms with Gasteiger partial charge in [0.15, 0.2) is 11.4 Å². The molecule has 0 unspecified atom stereocenters. The predicted octanol–water partition coefficient (Wildman–Crippen LogP) is 4.64. The van der Waals surface area contributed by atoms with Gasteiger partial charge in [-0.3, -0.25) is 19.3 Å². The Morgan fingerprint density at radius 3 is 2.62 bits per heavy atom. The fourth-order valence-electron chi connectivity index (χ4n) is 7.63. The average Bonchev–Trinajstić information content (AvgIpc) is 3.49. The highest BCUT2D eigenvalue weighted by Gasteiger charge is 2.46. The molecular weight excluding hydrogens is 671 g/mol. The number of ether oxygens (including phenoxy) is 2. The highest BCUT2D eigenvalue weighted by Crippen LogP contribution is 2.46. The highest BCUT2D eigenvalue weighted by molar-refractivity contribution is 6.00. The van der Waals surface area contributed by atoms with E-state index in [2.05, 4.69) is 5.32 Å². The zero-order valence-corrected chi connectivity index (χ0v) is 29.4. The number of nitrogens with one attached hydrogen (secondary N) is 1.